The van der Waals surface area contributed by atoms with Crippen molar-refractivity contribution in [1.82, 2.24) is 0 Å². The van der Waals surface area contributed by atoms with Gasteiger partial charge < -0.3 is 17.5 Å². The summed E-state index contributed by atoms with van der Waals surface area (Å²) in [6, 6.07) is 0. The van der Waals surface area contributed by atoms with Gasteiger partial charge in [0.2, 0.25) is 0 Å². The Kier molecular flexibility index (Phi) is 22.6. The molecule has 3 heteroatoms. The van der Waals surface area contributed by atoms with E-state index in [0.29, 0.717) is 0 Å². The molecule has 0 fully saturated rings. The molecule has 1 nitrogen and oxygen atoms in total. The molecule has 0 N–H and O–H groups in total. The molecule has 0 spiro atoms. The maximum absolute atomic E-state index is 9.90. The molecule has 0 amide bonds. The Hall–Kier alpha value is 1.02. The fraction of sp³-hybridized carbons (Fsp3) is 1.00. The van der Waals surface area contributed by atoms with E-state index in [-0.39, 0.29) is 41.6 Å². The van der Waals surface area contributed by atoms with Crippen LogP contribution >= 0.6 is 0 Å². The molecule has 0 aliphatic carbocycles. The predicted molar refractivity (Wildman–Crippen MR) is 25.5 cm³/mol. The van der Waals surface area contributed by atoms with Crippen molar-refractivity contribution in [2.45, 2.75) is 26.4 Å². The zero-order valence-electron chi connectivity index (χ0n) is 4.78. The van der Waals surface area contributed by atoms with Crippen molar-refractivity contribution < 1.29 is 17.5 Å². The molecular weight excluding hydrogens is 124 g/mol. The van der Waals surface area contributed by atoms with Gasteiger partial charge in [-0.3, -0.25) is 0 Å². The second kappa shape index (κ2) is 10.1. The minimum atomic E-state index is -0.366. The standard InChI is InChI=1S/C4H9O.ClH.Mg/c1-3-4(2)5;;/h4H,3H2,1-2H3;1H;/q-1;;+2/p-1. The monoisotopic (exact) mass is 132 g/mol. The van der Waals surface area contributed by atoms with E-state index in [0.717, 1.165) is 6.42 Å². The average Bonchev–Trinajstić information content (AvgIpc) is 1.38. The van der Waals surface area contributed by atoms with Crippen LogP contribution in [0.15, 0.2) is 0 Å². The van der Waals surface area contributed by atoms with Crippen molar-refractivity contribution in [1.29, 1.82) is 0 Å². The van der Waals surface area contributed by atoms with E-state index in [1.165, 1.54) is 0 Å². The number of hydrogen-bond acceptors (Lipinski definition) is 1. The molecule has 1 unspecified atom stereocenters. The van der Waals surface area contributed by atoms with Gasteiger partial charge in [-0.05, 0) is 0 Å². The summed E-state index contributed by atoms with van der Waals surface area (Å²) < 4.78 is 0. The minimum absolute atomic E-state index is 0. The van der Waals surface area contributed by atoms with Gasteiger partial charge in [0.05, 0.1) is 0 Å². The maximum Gasteiger partial charge on any atom is 2.00 e. The van der Waals surface area contributed by atoms with E-state index < -0.39 is 0 Å². The van der Waals surface area contributed by atoms with E-state index in [1.54, 1.807) is 6.92 Å². The Morgan fingerprint density at radius 2 is 1.71 bits per heavy atom. The van der Waals surface area contributed by atoms with Crippen molar-refractivity contribution in [2.75, 3.05) is 0 Å². The summed E-state index contributed by atoms with van der Waals surface area (Å²) in [7, 11) is 0. The molecule has 1 atom stereocenters. The largest absolute Gasteiger partial charge is 2.00 e. The van der Waals surface area contributed by atoms with Gasteiger partial charge >= 0.3 is 23.1 Å². The molecule has 0 aromatic rings. The fourth-order valence-electron chi connectivity index (χ4n) is 0. The minimum Gasteiger partial charge on any atom is -1.00 e. The van der Waals surface area contributed by atoms with Crippen LogP contribution in [0.25, 0.3) is 0 Å². The molecular formula is C4H9ClMgO. The van der Waals surface area contributed by atoms with Crippen LogP contribution in [0.1, 0.15) is 20.3 Å². The third kappa shape index (κ3) is 19.4. The van der Waals surface area contributed by atoms with Crippen LogP contribution in [0.3, 0.4) is 0 Å². The number of halogens is 1. The summed E-state index contributed by atoms with van der Waals surface area (Å²) in [4.78, 5) is 0. The van der Waals surface area contributed by atoms with Crippen molar-refractivity contribution in [3.05, 3.63) is 0 Å². The smallest absolute Gasteiger partial charge is 1.00 e. The Morgan fingerprint density at radius 1 is 1.57 bits per heavy atom. The number of hydrogen-bond donors (Lipinski definition) is 0. The summed E-state index contributed by atoms with van der Waals surface area (Å²) in [5, 5.41) is 9.90. The van der Waals surface area contributed by atoms with Crippen molar-refractivity contribution in [3.8, 4) is 0 Å². The molecule has 40 valence electrons. The molecule has 0 rings (SSSR count). The van der Waals surface area contributed by atoms with Gasteiger partial charge in [0, 0.05) is 0 Å². The van der Waals surface area contributed by atoms with Crippen LogP contribution in [-0.2, 0) is 0 Å². The van der Waals surface area contributed by atoms with Crippen molar-refractivity contribution in [2.24, 2.45) is 0 Å². The molecule has 0 radical (unpaired) electrons. The van der Waals surface area contributed by atoms with Crippen molar-refractivity contribution >= 4 is 23.1 Å². The Balaban J connectivity index is -0.0000000800. The average molecular weight is 133 g/mol. The molecule has 0 saturated carbocycles. The van der Waals surface area contributed by atoms with Gasteiger partial charge in [-0.1, -0.05) is 20.3 Å². The third-order valence-electron chi connectivity index (χ3n) is 0.575. The van der Waals surface area contributed by atoms with E-state index in [1.807, 2.05) is 6.92 Å². The molecule has 0 aliphatic heterocycles. The summed E-state index contributed by atoms with van der Waals surface area (Å²) in [6.45, 7) is 3.55. The molecule has 0 heterocycles. The van der Waals surface area contributed by atoms with Crippen molar-refractivity contribution in [3.63, 3.8) is 0 Å². The van der Waals surface area contributed by atoms with E-state index in [9.17, 15) is 5.11 Å². The maximum atomic E-state index is 9.90. The van der Waals surface area contributed by atoms with Gasteiger partial charge in [0.25, 0.3) is 0 Å². The zero-order valence-corrected chi connectivity index (χ0v) is 6.95. The zero-order chi connectivity index (χ0) is 4.28. The first-order valence-electron chi connectivity index (χ1n) is 1.93. The normalized spacial score (nSPS) is 10.7. The number of rotatable bonds is 1. The van der Waals surface area contributed by atoms with Crippen LogP contribution in [0.4, 0.5) is 0 Å². The first-order chi connectivity index (χ1) is 2.27. The van der Waals surface area contributed by atoms with Gasteiger partial charge in [-0.2, -0.15) is 0 Å². The molecule has 0 saturated heterocycles. The Labute approximate surface area is 67.1 Å². The van der Waals surface area contributed by atoms with Gasteiger partial charge in [-0.25, -0.2) is 0 Å². The van der Waals surface area contributed by atoms with Gasteiger partial charge in [0.15, 0.2) is 0 Å². The van der Waals surface area contributed by atoms with Crippen LogP contribution in [0.5, 0.6) is 0 Å². The van der Waals surface area contributed by atoms with Crippen LogP contribution in [-0.4, -0.2) is 29.2 Å². The Morgan fingerprint density at radius 3 is 1.71 bits per heavy atom. The molecule has 7 heavy (non-hydrogen) atoms. The summed E-state index contributed by atoms with van der Waals surface area (Å²) in [6.07, 6.45) is 0.384. The van der Waals surface area contributed by atoms with Gasteiger partial charge in [-0.15, -0.1) is 6.10 Å². The predicted octanol–water partition coefficient (Wildman–Crippen LogP) is -3.23. The summed E-state index contributed by atoms with van der Waals surface area (Å²) in [5.41, 5.74) is 0. The van der Waals surface area contributed by atoms with Gasteiger partial charge in [0.1, 0.15) is 0 Å². The second-order valence-electron chi connectivity index (χ2n) is 1.22. The second-order valence-corrected chi connectivity index (χ2v) is 1.22. The first kappa shape index (κ1) is 15.7. The SMILES string of the molecule is CCC(C)[O-].[Cl-].[Mg+2]. The molecule has 0 aliphatic rings. The first-order valence-corrected chi connectivity index (χ1v) is 1.93. The quantitative estimate of drug-likeness (QED) is 0.345. The van der Waals surface area contributed by atoms with Crippen LogP contribution in [0, 0.1) is 0 Å². The van der Waals surface area contributed by atoms with E-state index >= 15 is 0 Å². The van der Waals surface area contributed by atoms with Crippen LogP contribution < -0.4 is 17.5 Å². The summed E-state index contributed by atoms with van der Waals surface area (Å²) >= 11 is 0. The molecule has 0 aromatic carbocycles. The topological polar surface area (TPSA) is 23.1 Å². The third-order valence-corrected chi connectivity index (χ3v) is 0.575. The fourth-order valence-corrected chi connectivity index (χ4v) is 0. The van der Waals surface area contributed by atoms with E-state index in [4.69, 9.17) is 0 Å². The van der Waals surface area contributed by atoms with E-state index in [2.05, 4.69) is 0 Å². The Bertz CT molecular complexity index is 25.7. The van der Waals surface area contributed by atoms with Crippen LogP contribution in [0.2, 0.25) is 0 Å². The summed E-state index contributed by atoms with van der Waals surface area (Å²) in [5.74, 6) is 0. The molecule has 0 bridgehead atoms. The molecule has 0 aromatic heterocycles.